The third-order valence-electron chi connectivity index (χ3n) is 4.38. The highest BCUT2D eigenvalue weighted by molar-refractivity contribution is 6.15. The number of aliphatic carboxylic acids is 1. The SMILES string of the molecule is CCOc1cc(/C=C2/NC(=O)N(CC(=O)O)C2=O)ccc1OCc1ccc([N+](=O)[O-])cc1. The Hall–Kier alpha value is -4.41. The molecule has 11 heteroatoms. The van der Waals surface area contributed by atoms with Crippen LogP contribution < -0.4 is 14.8 Å². The van der Waals surface area contributed by atoms with Gasteiger partial charge in [0, 0.05) is 12.1 Å². The van der Waals surface area contributed by atoms with Crippen LogP contribution in [0.25, 0.3) is 6.08 Å². The first-order chi connectivity index (χ1) is 15.3. The number of nitrogens with zero attached hydrogens (tertiary/aromatic N) is 2. The number of imide groups is 1. The number of carboxylic acid groups (broad SMARTS) is 1. The van der Waals surface area contributed by atoms with E-state index in [2.05, 4.69) is 5.32 Å². The van der Waals surface area contributed by atoms with Gasteiger partial charge in [-0.3, -0.25) is 19.7 Å². The van der Waals surface area contributed by atoms with Crippen molar-refractivity contribution < 1.29 is 33.9 Å². The summed E-state index contributed by atoms with van der Waals surface area (Å²) >= 11 is 0. The number of non-ortho nitro benzene ring substituents is 1. The van der Waals surface area contributed by atoms with Crippen LogP contribution in [0.3, 0.4) is 0 Å². The van der Waals surface area contributed by atoms with Gasteiger partial charge in [0.05, 0.1) is 11.5 Å². The Balaban J connectivity index is 1.76. The monoisotopic (exact) mass is 441 g/mol. The predicted molar refractivity (Wildman–Crippen MR) is 111 cm³/mol. The normalized spacial score (nSPS) is 14.4. The number of urea groups is 1. The number of rotatable bonds is 9. The van der Waals surface area contributed by atoms with Crippen molar-refractivity contribution in [2.75, 3.05) is 13.2 Å². The minimum Gasteiger partial charge on any atom is -0.490 e. The molecule has 1 aliphatic rings. The van der Waals surface area contributed by atoms with E-state index in [-0.39, 0.29) is 18.0 Å². The van der Waals surface area contributed by atoms with Gasteiger partial charge in [0.2, 0.25) is 0 Å². The number of benzene rings is 2. The summed E-state index contributed by atoms with van der Waals surface area (Å²) < 4.78 is 11.4. The summed E-state index contributed by atoms with van der Waals surface area (Å²) in [5, 5.41) is 21.9. The molecule has 1 fully saturated rings. The average molecular weight is 441 g/mol. The van der Waals surface area contributed by atoms with Crippen LogP contribution in [-0.4, -0.2) is 46.0 Å². The number of nitrogens with one attached hydrogen (secondary N) is 1. The van der Waals surface area contributed by atoms with Crippen molar-refractivity contribution in [2.45, 2.75) is 13.5 Å². The van der Waals surface area contributed by atoms with E-state index >= 15 is 0 Å². The molecular formula is C21H19N3O8. The minimum absolute atomic E-state index is 0.0170. The maximum absolute atomic E-state index is 12.3. The van der Waals surface area contributed by atoms with Gasteiger partial charge in [-0.2, -0.15) is 0 Å². The fraction of sp³-hybridized carbons (Fsp3) is 0.190. The quantitative estimate of drug-likeness (QED) is 0.261. The standard InChI is InChI=1S/C21H19N3O8/c1-2-31-18-10-14(9-16-20(27)23(11-19(25)26)21(28)22-16)5-8-17(18)32-12-13-3-6-15(7-4-13)24(29)30/h3-10H,2,11-12H2,1H3,(H,22,28)(H,25,26)/b16-9+. The fourth-order valence-corrected chi connectivity index (χ4v) is 2.89. The first kappa shape index (κ1) is 22.3. The topological polar surface area (TPSA) is 148 Å². The van der Waals surface area contributed by atoms with Crippen molar-refractivity contribution in [2.24, 2.45) is 0 Å². The van der Waals surface area contributed by atoms with Crippen LogP contribution in [0.1, 0.15) is 18.1 Å². The molecule has 0 bridgehead atoms. The van der Waals surface area contributed by atoms with E-state index < -0.39 is 29.4 Å². The zero-order chi connectivity index (χ0) is 23.3. The zero-order valence-electron chi connectivity index (χ0n) is 16.9. The lowest BCUT2D eigenvalue weighted by Crippen LogP contribution is -2.35. The minimum atomic E-state index is -1.30. The molecule has 0 atom stereocenters. The molecule has 32 heavy (non-hydrogen) atoms. The summed E-state index contributed by atoms with van der Waals surface area (Å²) in [6.07, 6.45) is 1.41. The van der Waals surface area contributed by atoms with Gasteiger partial charge in [-0.15, -0.1) is 0 Å². The van der Waals surface area contributed by atoms with Crippen LogP contribution in [0.15, 0.2) is 48.2 Å². The molecule has 3 rings (SSSR count). The molecule has 0 radical (unpaired) electrons. The largest absolute Gasteiger partial charge is 0.490 e. The molecule has 1 saturated heterocycles. The molecule has 3 amide bonds. The molecule has 0 saturated carbocycles. The van der Waals surface area contributed by atoms with E-state index in [4.69, 9.17) is 14.6 Å². The number of nitro benzene ring substituents is 1. The van der Waals surface area contributed by atoms with Gasteiger partial charge in [-0.1, -0.05) is 6.07 Å². The van der Waals surface area contributed by atoms with Gasteiger partial charge < -0.3 is 19.9 Å². The van der Waals surface area contributed by atoms with Crippen LogP contribution in [0, 0.1) is 10.1 Å². The van der Waals surface area contributed by atoms with Gasteiger partial charge in [0.15, 0.2) is 11.5 Å². The fourth-order valence-electron chi connectivity index (χ4n) is 2.89. The molecule has 166 valence electrons. The Morgan fingerprint density at radius 1 is 1.16 bits per heavy atom. The molecule has 2 aromatic carbocycles. The number of carboxylic acids is 1. The molecule has 0 spiro atoms. The third kappa shape index (κ3) is 5.19. The van der Waals surface area contributed by atoms with Crippen molar-refractivity contribution in [1.29, 1.82) is 0 Å². The highest BCUT2D eigenvalue weighted by Gasteiger charge is 2.34. The van der Waals surface area contributed by atoms with E-state index in [0.717, 1.165) is 5.56 Å². The van der Waals surface area contributed by atoms with Crippen molar-refractivity contribution in [1.82, 2.24) is 10.2 Å². The Kier molecular flexibility index (Phi) is 6.68. The van der Waals surface area contributed by atoms with Gasteiger partial charge in [0.1, 0.15) is 18.8 Å². The molecule has 11 nitrogen and oxygen atoms in total. The number of nitro groups is 1. The smallest absolute Gasteiger partial charge is 0.329 e. The lowest BCUT2D eigenvalue weighted by molar-refractivity contribution is -0.384. The molecule has 2 aromatic rings. The van der Waals surface area contributed by atoms with E-state index in [0.29, 0.717) is 28.6 Å². The molecule has 0 aromatic heterocycles. The van der Waals surface area contributed by atoms with E-state index in [9.17, 15) is 24.5 Å². The zero-order valence-corrected chi connectivity index (χ0v) is 16.9. The summed E-state index contributed by atoms with van der Waals surface area (Å²) in [5.74, 6) is -1.23. The highest BCUT2D eigenvalue weighted by atomic mass is 16.6. The first-order valence-corrected chi connectivity index (χ1v) is 9.47. The van der Waals surface area contributed by atoms with Gasteiger partial charge in [-0.05, 0) is 48.4 Å². The Bertz CT molecular complexity index is 1090. The lowest BCUT2D eigenvalue weighted by atomic mass is 10.1. The van der Waals surface area contributed by atoms with Crippen LogP contribution in [0.4, 0.5) is 10.5 Å². The van der Waals surface area contributed by atoms with Crippen molar-refractivity contribution in [3.8, 4) is 11.5 Å². The van der Waals surface area contributed by atoms with Gasteiger partial charge >= 0.3 is 12.0 Å². The lowest BCUT2D eigenvalue weighted by Gasteiger charge is -2.13. The number of carbonyl (C=O) groups excluding carboxylic acids is 2. The molecule has 1 heterocycles. The second-order valence-electron chi connectivity index (χ2n) is 6.62. The average Bonchev–Trinajstić information content (AvgIpc) is 3.00. The van der Waals surface area contributed by atoms with E-state index in [1.165, 1.54) is 18.2 Å². The number of hydrogen-bond acceptors (Lipinski definition) is 7. The number of carbonyl (C=O) groups is 3. The Morgan fingerprint density at radius 3 is 2.50 bits per heavy atom. The maximum atomic E-state index is 12.3. The van der Waals surface area contributed by atoms with Crippen molar-refractivity contribution >= 4 is 29.7 Å². The van der Waals surface area contributed by atoms with Crippen LogP contribution in [-0.2, 0) is 16.2 Å². The number of amides is 3. The van der Waals surface area contributed by atoms with Crippen LogP contribution in [0.2, 0.25) is 0 Å². The van der Waals surface area contributed by atoms with Crippen LogP contribution >= 0.6 is 0 Å². The van der Waals surface area contributed by atoms with Gasteiger partial charge in [-0.25, -0.2) is 9.69 Å². The van der Waals surface area contributed by atoms with E-state index in [1.807, 2.05) is 0 Å². The summed E-state index contributed by atoms with van der Waals surface area (Å²) in [6, 6.07) is 10.0. The van der Waals surface area contributed by atoms with E-state index in [1.54, 1.807) is 37.3 Å². The molecule has 0 unspecified atom stereocenters. The van der Waals surface area contributed by atoms with Crippen LogP contribution in [0.5, 0.6) is 11.5 Å². The summed E-state index contributed by atoms with van der Waals surface area (Å²) in [7, 11) is 0. The van der Waals surface area contributed by atoms with Crippen molar-refractivity contribution in [3.63, 3.8) is 0 Å². The summed E-state index contributed by atoms with van der Waals surface area (Å²) in [6.45, 7) is 1.55. The first-order valence-electron chi connectivity index (χ1n) is 9.47. The van der Waals surface area contributed by atoms with Crippen molar-refractivity contribution in [3.05, 3.63) is 69.4 Å². The Labute approximate surface area is 182 Å². The molecule has 2 N–H and O–H groups in total. The molecule has 0 aliphatic carbocycles. The Morgan fingerprint density at radius 2 is 1.88 bits per heavy atom. The number of hydrogen-bond donors (Lipinski definition) is 2. The maximum Gasteiger partial charge on any atom is 0.329 e. The molecule has 1 aliphatic heterocycles. The second kappa shape index (κ2) is 9.60. The summed E-state index contributed by atoms with van der Waals surface area (Å²) in [5.41, 5.74) is 1.17. The van der Waals surface area contributed by atoms with Gasteiger partial charge in [0.25, 0.3) is 11.6 Å². The predicted octanol–water partition coefficient (Wildman–Crippen LogP) is 2.55. The highest BCUT2D eigenvalue weighted by Crippen LogP contribution is 2.30. The third-order valence-corrected chi connectivity index (χ3v) is 4.38. The molecular weight excluding hydrogens is 422 g/mol. The number of ether oxygens (including phenoxy) is 2. The summed E-state index contributed by atoms with van der Waals surface area (Å²) in [4.78, 5) is 45.8. The second-order valence-corrected chi connectivity index (χ2v) is 6.62.